The molecule has 0 aromatic carbocycles. The lowest BCUT2D eigenvalue weighted by Gasteiger charge is -2.21. The van der Waals surface area contributed by atoms with E-state index in [1.165, 1.54) is 6.20 Å². The van der Waals surface area contributed by atoms with Crippen LogP contribution in [0.5, 0.6) is 0 Å². The highest BCUT2D eigenvalue weighted by Crippen LogP contribution is 2.51. The van der Waals surface area contributed by atoms with Crippen molar-refractivity contribution < 1.29 is 14.6 Å². The summed E-state index contributed by atoms with van der Waals surface area (Å²) in [6.07, 6.45) is 3.23. The van der Waals surface area contributed by atoms with Gasteiger partial charge in [0.05, 0.1) is 24.9 Å². The molecule has 1 saturated heterocycles. The van der Waals surface area contributed by atoms with Gasteiger partial charge in [-0.3, -0.25) is 4.68 Å². The van der Waals surface area contributed by atoms with Crippen LogP contribution < -0.4 is 4.90 Å². The molecule has 0 amide bonds. The van der Waals surface area contributed by atoms with E-state index in [1.807, 2.05) is 6.92 Å². The summed E-state index contributed by atoms with van der Waals surface area (Å²) in [5.41, 5.74) is 2.50. The lowest BCUT2D eigenvalue weighted by atomic mass is 10.2. The number of carbonyl (C=O) groups excluding carboxylic acids is 1. The van der Waals surface area contributed by atoms with Crippen molar-refractivity contribution in [1.82, 2.24) is 14.8 Å². The van der Waals surface area contributed by atoms with Gasteiger partial charge in [0, 0.05) is 31.6 Å². The van der Waals surface area contributed by atoms with Crippen molar-refractivity contribution in [1.29, 1.82) is 0 Å². The molecule has 138 valence electrons. The average Bonchev–Trinajstić information content (AvgIpc) is 3.00. The third kappa shape index (κ3) is 3.07. The topological polar surface area (TPSA) is 80.5 Å². The van der Waals surface area contributed by atoms with Crippen molar-refractivity contribution in [3.05, 3.63) is 41.3 Å². The summed E-state index contributed by atoms with van der Waals surface area (Å²) in [5, 5.41) is 13.5. The number of esters is 1. The number of ether oxygens (including phenoxy) is 1. The maximum absolute atomic E-state index is 11.7. The van der Waals surface area contributed by atoms with E-state index in [9.17, 15) is 9.90 Å². The summed E-state index contributed by atoms with van der Waals surface area (Å²) in [7, 11) is 0. The lowest BCUT2D eigenvalue weighted by Crippen LogP contribution is -2.25. The van der Waals surface area contributed by atoms with Gasteiger partial charge in [-0.1, -0.05) is 6.07 Å². The van der Waals surface area contributed by atoms with E-state index < -0.39 is 0 Å². The van der Waals surface area contributed by atoms with Crippen LogP contribution in [0.4, 0.5) is 5.82 Å². The molecule has 1 N–H and O–H groups in total. The van der Waals surface area contributed by atoms with Crippen molar-refractivity contribution in [2.75, 3.05) is 31.2 Å². The van der Waals surface area contributed by atoms with Gasteiger partial charge < -0.3 is 14.7 Å². The van der Waals surface area contributed by atoms with Crippen LogP contribution in [0.3, 0.4) is 0 Å². The third-order valence-electron chi connectivity index (χ3n) is 5.56. The zero-order valence-corrected chi connectivity index (χ0v) is 15.1. The molecule has 26 heavy (non-hydrogen) atoms. The Hall–Kier alpha value is -2.41. The van der Waals surface area contributed by atoms with E-state index >= 15 is 0 Å². The quantitative estimate of drug-likeness (QED) is 0.790. The van der Waals surface area contributed by atoms with Gasteiger partial charge in [0.2, 0.25) is 0 Å². The van der Waals surface area contributed by atoms with Gasteiger partial charge in [-0.05, 0) is 43.2 Å². The molecule has 2 aromatic rings. The number of aliphatic hydroxyl groups is 1. The van der Waals surface area contributed by atoms with Gasteiger partial charge in [-0.25, -0.2) is 9.78 Å². The van der Waals surface area contributed by atoms with Crippen LogP contribution in [0.15, 0.2) is 24.5 Å². The van der Waals surface area contributed by atoms with Crippen LogP contribution in [0.25, 0.3) is 0 Å². The van der Waals surface area contributed by atoms with Gasteiger partial charge in [-0.2, -0.15) is 5.10 Å². The second kappa shape index (κ2) is 6.72. The molecule has 3 heterocycles. The number of aromatic nitrogens is 3. The highest BCUT2D eigenvalue weighted by molar-refractivity contribution is 5.88. The maximum Gasteiger partial charge on any atom is 0.341 e. The van der Waals surface area contributed by atoms with Crippen molar-refractivity contribution in [3.63, 3.8) is 0 Å². The normalized spacial score (nSPS) is 23.8. The molecule has 7 nitrogen and oxygen atoms in total. The summed E-state index contributed by atoms with van der Waals surface area (Å²) in [5.74, 6) is 2.42. The van der Waals surface area contributed by atoms with Crippen LogP contribution in [-0.2, 0) is 11.3 Å². The third-order valence-corrected chi connectivity index (χ3v) is 5.56. The average molecular weight is 356 g/mol. The number of hydrogen-bond donors (Lipinski definition) is 1. The van der Waals surface area contributed by atoms with Crippen LogP contribution in [0, 0.1) is 24.7 Å². The fourth-order valence-corrected chi connectivity index (χ4v) is 3.97. The summed E-state index contributed by atoms with van der Waals surface area (Å²) < 4.78 is 6.72. The second-order valence-electron chi connectivity index (χ2n) is 7.14. The Balaban J connectivity index is 1.42. The van der Waals surface area contributed by atoms with Gasteiger partial charge in [0.25, 0.3) is 0 Å². The molecule has 1 aliphatic heterocycles. The summed E-state index contributed by atoms with van der Waals surface area (Å²) >= 11 is 0. The van der Waals surface area contributed by atoms with Gasteiger partial charge in [0.1, 0.15) is 5.82 Å². The number of piperidine rings is 1. The Morgan fingerprint density at radius 2 is 2.12 bits per heavy atom. The number of aryl methyl sites for hydroxylation is 1. The summed E-state index contributed by atoms with van der Waals surface area (Å²) in [6, 6.07) is 4.13. The predicted octanol–water partition coefficient (Wildman–Crippen LogP) is 1.49. The van der Waals surface area contributed by atoms with Crippen molar-refractivity contribution in [2.24, 2.45) is 17.8 Å². The molecule has 7 heteroatoms. The molecule has 0 spiro atoms. The molecule has 2 aromatic heterocycles. The molecule has 1 aliphatic carbocycles. The van der Waals surface area contributed by atoms with Crippen LogP contribution in [0.2, 0.25) is 0 Å². The first-order chi connectivity index (χ1) is 12.6. The Morgan fingerprint density at radius 1 is 1.35 bits per heavy atom. The van der Waals surface area contributed by atoms with E-state index in [-0.39, 0.29) is 5.97 Å². The van der Waals surface area contributed by atoms with E-state index in [2.05, 4.69) is 22.1 Å². The molecule has 3 atom stereocenters. The first-order valence-electron chi connectivity index (χ1n) is 9.12. The Morgan fingerprint density at radius 3 is 2.77 bits per heavy atom. The van der Waals surface area contributed by atoms with E-state index in [0.717, 1.165) is 30.2 Å². The molecule has 4 rings (SSSR count). The molecule has 0 bridgehead atoms. The highest BCUT2D eigenvalue weighted by Gasteiger charge is 2.55. The Kier molecular flexibility index (Phi) is 4.40. The predicted molar refractivity (Wildman–Crippen MR) is 96.0 cm³/mol. The van der Waals surface area contributed by atoms with Gasteiger partial charge in [0.15, 0.2) is 0 Å². The molecule has 1 saturated carbocycles. The zero-order valence-electron chi connectivity index (χ0n) is 15.1. The monoisotopic (exact) mass is 356 g/mol. The Labute approximate surface area is 152 Å². The molecular formula is C19H24N4O3. The number of carbonyl (C=O) groups is 1. The number of rotatable bonds is 6. The maximum atomic E-state index is 11.7. The van der Waals surface area contributed by atoms with Gasteiger partial charge >= 0.3 is 5.97 Å². The molecule has 0 radical (unpaired) electrons. The van der Waals surface area contributed by atoms with E-state index in [4.69, 9.17) is 9.72 Å². The molecule has 2 aliphatic rings. The van der Waals surface area contributed by atoms with Crippen molar-refractivity contribution in [3.8, 4) is 0 Å². The Bertz CT molecular complexity index is 807. The minimum Gasteiger partial charge on any atom is -0.462 e. The first-order valence-corrected chi connectivity index (χ1v) is 9.12. The fourth-order valence-electron chi connectivity index (χ4n) is 3.97. The lowest BCUT2D eigenvalue weighted by molar-refractivity contribution is 0.0526. The first kappa shape index (κ1) is 17.0. The van der Waals surface area contributed by atoms with E-state index in [0.29, 0.717) is 43.1 Å². The number of fused-ring (bicyclic) bond motifs is 1. The van der Waals surface area contributed by atoms with Crippen molar-refractivity contribution >= 4 is 11.8 Å². The summed E-state index contributed by atoms with van der Waals surface area (Å²) in [6.45, 7) is 7.00. The largest absolute Gasteiger partial charge is 0.462 e. The number of nitrogens with zero attached hydrogens (tertiary/aromatic N) is 4. The van der Waals surface area contributed by atoms with Crippen LogP contribution in [0.1, 0.15) is 28.5 Å². The number of hydrogen-bond acceptors (Lipinski definition) is 6. The number of aliphatic hydroxyl groups excluding tert-OH is 1. The van der Waals surface area contributed by atoms with Gasteiger partial charge in [-0.15, -0.1) is 0 Å². The van der Waals surface area contributed by atoms with Crippen molar-refractivity contribution in [2.45, 2.75) is 20.4 Å². The minimum atomic E-state index is -0.349. The molecular weight excluding hydrogens is 332 g/mol. The number of anilines is 1. The smallest absolute Gasteiger partial charge is 0.341 e. The standard InChI is InChI=1S/C19H24N4O3/c1-3-26-19(25)14-6-20-23(8-14)7-13-4-5-18(21-12(13)2)22-9-15-16(10-22)17(15)11-24/h4-6,8,15-17,24H,3,7,9-11H2,1-2H3/t15-,16+,17-. The zero-order chi connectivity index (χ0) is 18.3. The van der Waals surface area contributed by atoms with E-state index in [1.54, 1.807) is 17.8 Å². The molecule has 0 unspecified atom stereocenters. The molecule has 2 fully saturated rings. The minimum absolute atomic E-state index is 0.312. The van der Waals surface area contributed by atoms with Crippen LogP contribution in [-0.4, -0.2) is 52.1 Å². The summed E-state index contributed by atoms with van der Waals surface area (Å²) in [4.78, 5) is 18.8. The van der Waals surface area contributed by atoms with Crippen LogP contribution >= 0.6 is 0 Å². The fraction of sp³-hybridized carbons (Fsp3) is 0.526. The number of pyridine rings is 1. The second-order valence-corrected chi connectivity index (χ2v) is 7.14. The highest BCUT2D eigenvalue weighted by atomic mass is 16.5. The SMILES string of the molecule is CCOC(=O)c1cnn(Cc2ccc(N3C[C@@H]4[C@H](CO)[C@@H]4C3)nc2C)c1.